The van der Waals surface area contributed by atoms with Crippen molar-refractivity contribution >= 4 is 5.91 Å². The molecule has 21 heavy (non-hydrogen) atoms. The number of imidazole rings is 1. The molecule has 0 aliphatic rings. The van der Waals surface area contributed by atoms with Crippen LogP contribution in [-0.2, 0) is 29.5 Å². The van der Waals surface area contributed by atoms with Gasteiger partial charge in [0, 0.05) is 31.8 Å². The van der Waals surface area contributed by atoms with E-state index in [-0.39, 0.29) is 5.91 Å². The lowest BCUT2D eigenvalue weighted by molar-refractivity contribution is -0.133. The van der Waals surface area contributed by atoms with Gasteiger partial charge in [-0.1, -0.05) is 30.3 Å². The number of hydrogen-bond donors (Lipinski definition) is 1. The van der Waals surface area contributed by atoms with Crippen LogP contribution in [0.2, 0.25) is 0 Å². The molecule has 0 atom stereocenters. The lowest BCUT2D eigenvalue weighted by Gasteiger charge is -2.06. The Morgan fingerprint density at radius 2 is 2.10 bits per heavy atom. The molecule has 1 amide bonds. The fourth-order valence-electron chi connectivity index (χ4n) is 2.06. The number of nitrogens with one attached hydrogen (secondary N) is 1. The Balaban J connectivity index is 1.55. The highest BCUT2D eigenvalue weighted by Crippen LogP contribution is 2.04. The molecule has 5 nitrogen and oxygen atoms in total. The summed E-state index contributed by atoms with van der Waals surface area (Å²) in [5.41, 5.74) is 4.81. The van der Waals surface area contributed by atoms with Crippen molar-refractivity contribution in [3.05, 3.63) is 54.1 Å². The Hall–Kier alpha value is -2.14. The Labute approximate surface area is 124 Å². The maximum atomic E-state index is 11.6. The lowest BCUT2D eigenvalue weighted by Crippen LogP contribution is -2.24. The van der Waals surface area contributed by atoms with Gasteiger partial charge >= 0.3 is 0 Å². The minimum absolute atomic E-state index is 0.0732. The molecule has 2 aromatic rings. The third-order valence-corrected chi connectivity index (χ3v) is 3.27. The van der Waals surface area contributed by atoms with Crippen LogP contribution in [0.4, 0.5) is 0 Å². The zero-order chi connectivity index (χ0) is 14.9. The van der Waals surface area contributed by atoms with Gasteiger partial charge in [0.1, 0.15) is 0 Å². The van der Waals surface area contributed by atoms with Crippen LogP contribution in [0.25, 0.3) is 0 Å². The van der Waals surface area contributed by atoms with Crippen LogP contribution in [-0.4, -0.2) is 22.1 Å². The molecule has 0 aliphatic heterocycles. The average molecular weight is 287 g/mol. The number of aromatic nitrogens is 2. The molecular weight excluding hydrogens is 266 g/mol. The van der Waals surface area contributed by atoms with Crippen molar-refractivity contribution in [1.82, 2.24) is 15.0 Å². The molecule has 0 spiro atoms. The minimum Gasteiger partial charge on any atom is -0.338 e. The third kappa shape index (κ3) is 5.39. The molecule has 0 bridgehead atoms. The maximum absolute atomic E-state index is 11.6. The molecule has 1 heterocycles. The molecule has 0 saturated carbocycles. The highest BCUT2D eigenvalue weighted by molar-refractivity contribution is 5.74. The molecule has 1 aromatic carbocycles. The Morgan fingerprint density at radius 1 is 1.29 bits per heavy atom. The third-order valence-electron chi connectivity index (χ3n) is 3.27. The van der Waals surface area contributed by atoms with E-state index in [1.807, 2.05) is 29.8 Å². The van der Waals surface area contributed by atoms with E-state index >= 15 is 0 Å². The van der Waals surface area contributed by atoms with Gasteiger partial charge in [0.25, 0.3) is 0 Å². The van der Waals surface area contributed by atoms with Crippen LogP contribution < -0.4 is 5.48 Å². The largest absolute Gasteiger partial charge is 0.338 e. The standard InChI is InChI=1S/C16H21N3O2/c1-19-13-17-12-15(19)10-11-21-18-16(20)9-5-8-14-6-3-2-4-7-14/h2-4,6-7,12-13H,5,8-11H2,1H3,(H,18,20). The van der Waals surface area contributed by atoms with Gasteiger partial charge in [-0.3, -0.25) is 9.63 Å². The molecule has 0 fully saturated rings. The van der Waals surface area contributed by atoms with Crippen LogP contribution in [0.3, 0.4) is 0 Å². The topological polar surface area (TPSA) is 56.1 Å². The normalized spacial score (nSPS) is 10.5. The van der Waals surface area contributed by atoms with Gasteiger partial charge in [0.05, 0.1) is 12.9 Å². The van der Waals surface area contributed by atoms with E-state index in [2.05, 4.69) is 22.6 Å². The van der Waals surface area contributed by atoms with Crippen LogP contribution in [0.5, 0.6) is 0 Å². The average Bonchev–Trinajstić information content (AvgIpc) is 2.90. The first kappa shape index (κ1) is 15.3. The van der Waals surface area contributed by atoms with Crippen molar-refractivity contribution in [2.75, 3.05) is 6.61 Å². The molecule has 5 heteroatoms. The second-order valence-electron chi connectivity index (χ2n) is 4.96. The van der Waals surface area contributed by atoms with Crippen LogP contribution in [0.15, 0.2) is 42.9 Å². The van der Waals surface area contributed by atoms with Crippen LogP contribution in [0.1, 0.15) is 24.1 Å². The monoisotopic (exact) mass is 287 g/mol. The fourth-order valence-corrected chi connectivity index (χ4v) is 2.06. The van der Waals surface area contributed by atoms with Crippen molar-refractivity contribution in [2.24, 2.45) is 7.05 Å². The van der Waals surface area contributed by atoms with E-state index in [9.17, 15) is 4.79 Å². The number of rotatable bonds is 8. The Kier molecular flexibility index (Phi) is 5.97. The highest BCUT2D eigenvalue weighted by atomic mass is 16.6. The zero-order valence-electron chi connectivity index (χ0n) is 12.3. The highest BCUT2D eigenvalue weighted by Gasteiger charge is 2.03. The van der Waals surface area contributed by atoms with Gasteiger partial charge in [0.2, 0.25) is 5.91 Å². The quantitative estimate of drug-likeness (QED) is 0.597. The number of amides is 1. The Bertz CT molecular complexity index is 552. The number of carbonyl (C=O) groups is 1. The maximum Gasteiger partial charge on any atom is 0.243 e. The van der Waals surface area contributed by atoms with Crippen molar-refractivity contribution in [3.63, 3.8) is 0 Å². The number of aryl methyl sites for hydroxylation is 2. The number of hydroxylamine groups is 1. The van der Waals surface area contributed by atoms with Crippen LogP contribution >= 0.6 is 0 Å². The predicted octanol–water partition coefficient (Wildman–Crippen LogP) is 2.03. The van der Waals surface area contributed by atoms with Gasteiger partial charge in [-0.05, 0) is 18.4 Å². The summed E-state index contributed by atoms with van der Waals surface area (Å²) in [5, 5.41) is 0. The first-order valence-electron chi connectivity index (χ1n) is 7.15. The summed E-state index contributed by atoms with van der Waals surface area (Å²) < 4.78 is 1.94. The summed E-state index contributed by atoms with van der Waals surface area (Å²) in [6, 6.07) is 10.2. The molecule has 0 unspecified atom stereocenters. The van der Waals surface area contributed by atoms with Gasteiger partial charge in [-0.15, -0.1) is 0 Å². The summed E-state index contributed by atoms with van der Waals surface area (Å²) in [6.45, 7) is 0.448. The Morgan fingerprint density at radius 3 is 2.81 bits per heavy atom. The van der Waals surface area contributed by atoms with E-state index < -0.39 is 0 Å². The number of hydrogen-bond acceptors (Lipinski definition) is 3. The minimum atomic E-state index is -0.0732. The van der Waals surface area contributed by atoms with Crippen molar-refractivity contribution < 1.29 is 9.63 Å². The molecular formula is C16H21N3O2. The molecule has 1 aromatic heterocycles. The first-order chi connectivity index (χ1) is 10.3. The molecule has 1 N–H and O–H groups in total. The molecule has 0 radical (unpaired) electrons. The molecule has 112 valence electrons. The van der Waals surface area contributed by atoms with E-state index in [1.54, 1.807) is 12.5 Å². The summed E-state index contributed by atoms with van der Waals surface area (Å²) in [4.78, 5) is 20.8. The van der Waals surface area contributed by atoms with E-state index in [0.717, 1.165) is 25.0 Å². The van der Waals surface area contributed by atoms with Crippen molar-refractivity contribution in [1.29, 1.82) is 0 Å². The molecule has 0 aliphatic carbocycles. The van der Waals surface area contributed by atoms with Gasteiger partial charge in [-0.25, -0.2) is 10.5 Å². The SMILES string of the molecule is Cn1cncc1CCONC(=O)CCCc1ccccc1. The van der Waals surface area contributed by atoms with Gasteiger partial charge in [-0.2, -0.15) is 0 Å². The summed E-state index contributed by atoms with van der Waals surface area (Å²) in [5.74, 6) is -0.0732. The summed E-state index contributed by atoms with van der Waals surface area (Å²) in [7, 11) is 1.94. The van der Waals surface area contributed by atoms with Gasteiger partial charge < -0.3 is 4.57 Å². The van der Waals surface area contributed by atoms with E-state index in [0.29, 0.717) is 13.0 Å². The zero-order valence-corrected chi connectivity index (χ0v) is 12.3. The van der Waals surface area contributed by atoms with E-state index in [4.69, 9.17) is 4.84 Å². The van der Waals surface area contributed by atoms with E-state index in [1.165, 1.54) is 5.56 Å². The fraction of sp³-hybridized carbons (Fsp3) is 0.375. The molecule has 0 saturated heterocycles. The lowest BCUT2D eigenvalue weighted by atomic mass is 10.1. The predicted molar refractivity (Wildman–Crippen MR) is 80.4 cm³/mol. The number of benzene rings is 1. The smallest absolute Gasteiger partial charge is 0.243 e. The van der Waals surface area contributed by atoms with Gasteiger partial charge in [0.15, 0.2) is 0 Å². The second-order valence-corrected chi connectivity index (χ2v) is 4.96. The number of nitrogens with zero attached hydrogens (tertiary/aromatic N) is 2. The van der Waals surface area contributed by atoms with Crippen LogP contribution in [0, 0.1) is 0 Å². The summed E-state index contributed by atoms with van der Waals surface area (Å²) in [6.07, 6.45) is 6.47. The first-order valence-corrected chi connectivity index (χ1v) is 7.15. The summed E-state index contributed by atoms with van der Waals surface area (Å²) >= 11 is 0. The number of carbonyl (C=O) groups excluding carboxylic acids is 1. The second kappa shape index (κ2) is 8.21. The van der Waals surface area contributed by atoms with Crippen molar-refractivity contribution in [3.8, 4) is 0 Å². The molecule has 2 rings (SSSR count). The van der Waals surface area contributed by atoms with Crippen molar-refractivity contribution in [2.45, 2.75) is 25.7 Å².